The lowest BCUT2D eigenvalue weighted by atomic mass is 9.83. The predicted molar refractivity (Wildman–Crippen MR) is 124 cm³/mol. The van der Waals surface area contributed by atoms with Crippen LogP contribution in [0.2, 0.25) is 0 Å². The first-order chi connectivity index (χ1) is 15.3. The standard InChI is InChI=1S/C24H27FN6O/c1-24(2)11-15(12-28-13-24)31-23-20(22(27)29-14-30-23)21(26)18-9-8-17(10-19(18)25)32-16-6-4-3-5-7-16/h3-10,14-15,26,28H,11-13H2,1-2H3,(H3,27,29,30,31). The minimum atomic E-state index is -0.585. The van der Waals surface area contributed by atoms with Crippen LogP contribution >= 0.6 is 0 Å². The average molecular weight is 435 g/mol. The molecule has 1 aromatic heterocycles. The number of piperidine rings is 1. The van der Waals surface area contributed by atoms with Crippen LogP contribution in [0.5, 0.6) is 11.5 Å². The molecular formula is C24H27FN6O. The number of benzene rings is 2. The highest BCUT2D eigenvalue weighted by Gasteiger charge is 2.29. The van der Waals surface area contributed by atoms with E-state index in [-0.39, 0.29) is 34.1 Å². The quantitative estimate of drug-likeness (QED) is 0.433. The van der Waals surface area contributed by atoms with Gasteiger partial charge in [0.15, 0.2) is 0 Å². The van der Waals surface area contributed by atoms with E-state index < -0.39 is 5.82 Å². The summed E-state index contributed by atoms with van der Waals surface area (Å²) in [6.45, 7) is 6.08. The highest BCUT2D eigenvalue weighted by Crippen LogP contribution is 2.30. The minimum Gasteiger partial charge on any atom is -0.457 e. The Morgan fingerprint density at radius 1 is 1.19 bits per heavy atom. The molecule has 1 saturated heterocycles. The maximum absolute atomic E-state index is 15.0. The minimum absolute atomic E-state index is 0.0858. The van der Waals surface area contributed by atoms with Crippen LogP contribution in [-0.4, -0.2) is 34.8 Å². The Morgan fingerprint density at radius 2 is 1.97 bits per heavy atom. The SMILES string of the molecule is CC1(C)CNCC(Nc2ncnc(N)c2C(=N)c2ccc(Oc3ccccc3)cc2F)C1. The molecule has 7 nitrogen and oxygen atoms in total. The molecule has 1 atom stereocenters. The Bertz CT molecular complexity index is 1120. The first-order valence-corrected chi connectivity index (χ1v) is 10.5. The summed E-state index contributed by atoms with van der Waals surface area (Å²) in [5, 5.41) is 15.5. The normalized spacial score (nSPS) is 17.5. The molecule has 2 aromatic carbocycles. The molecule has 1 aliphatic heterocycles. The van der Waals surface area contributed by atoms with Crippen molar-refractivity contribution in [3.63, 3.8) is 0 Å². The summed E-state index contributed by atoms with van der Waals surface area (Å²) in [5.41, 5.74) is 6.53. The number of nitrogens with one attached hydrogen (secondary N) is 3. The number of hydrogen-bond donors (Lipinski definition) is 4. The molecule has 0 bridgehead atoms. The van der Waals surface area contributed by atoms with Crippen molar-refractivity contribution < 1.29 is 9.13 Å². The van der Waals surface area contributed by atoms with E-state index in [1.54, 1.807) is 18.2 Å². The predicted octanol–water partition coefficient (Wildman–Crippen LogP) is 4.21. The van der Waals surface area contributed by atoms with Gasteiger partial charge in [0.25, 0.3) is 0 Å². The number of aromatic nitrogens is 2. The third-order valence-electron chi connectivity index (χ3n) is 5.45. The van der Waals surface area contributed by atoms with Gasteiger partial charge in [-0.25, -0.2) is 14.4 Å². The van der Waals surface area contributed by atoms with E-state index in [2.05, 4.69) is 34.4 Å². The van der Waals surface area contributed by atoms with Gasteiger partial charge in [0.05, 0.1) is 11.3 Å². The first-order valence-electron chi connectivity index (χ1n) is 10.5. The summed E-state index contributed by atoms with van der Waals surface area (Å²) in [6, 6.07) is 13.6. The lowest BCUT2D eigenvalue weighted by Crippen LogP contribution is -2.47. The van der Waals surface area contributed by atoms with Crippen LogP contribution in [0, 0.1) is 16.6 Å². The zero-order valence-corrected chi connectivity index (χ0v) is 18.2. The second-order valence-corrected chi connectivity index (χ2v) is 8.75. The van der Waals surface area contributed by atoms with Crippen molar-refractivity contribution >= 4 is 17.3 Å². The molecule has 0 amide bonds. The molecule has 5 N–H and O–H groups in total. The molecular weight excluding hydrogens is 407 g/mol. The van der Waals surface area contributed by atoms with Crippen LogP contribution in [0.25, 0.3) is 0 Å². The van der Waals surface area contributed by atoms with Gasteiger partial charge < -0.3 is 21.1 Å². The first kappa shape index (κ1) is 21.7. The van der Waals surface area contributed by atoms with Crippen molar-refractivity contribution in [1.82, 2.24) is 15.3 Å². The molecule has 3 aromatic rings. The molecule has 1 aliphatic rings. The van der Waals surface area contributed by atoms with Crippen LogP contribution in [0.1, 0.15) is 31.4 Å². The average Bonchev–Trinajstić information content (AvgIpc) is 2.74. The molecule has 32 heavy (non-hydrogen) atoms. The number of rotatable bonds is 6. The zero-order valence-electron chi connectivity index (χ0n) is 18.2. The van der Waals surface area contributed by atoms with E-state index in [1.807, 2.05) is 18.2 Å². The summed E-state index contributed by atoms with van der Waals surface area (Å²) in [5.74, 6) is 0.913. The number of nitrogen functional groups attached to an aromatic ring is 1. The van der Waals surface area contributed by atoms with E-state index in [4.69, 9.17) is 15.9 Å². The van der Waals surface area contributed by atoms with Crippen molar-refractivity contribution in [2.24, 2.45) is 5.41 Å². The third-order valence-corrected chi connectivity index (χ3v) is 5.45. The Labute approximate surface area is 186 Å². The van der Waals surface area contributed by atoms with Crippen LogP contribution in [0.4, 0.5) is 16.0 Å². The summed E-state index contributed by atoms with van der Waals surface area (Å²) < 4.78 is 20.7. The van der Waals surface area contributed by atoms with E-state index >= 15 is 0 Å². The number of nitrogens with two attached hydrogens (primary N) is 1. The molecule has 1 unspecified atom stereocenters. The van der Waals surface area contributed by atoms with Crippen molar-refractivity contribution in [3.8, 4) is 11.5 Å². The molecule has 0 saturated carbocycles. The largest absolute Gasteiger partial charge is 0.457 e. The van der Waals surface area contributed by atoms with Crippen LogP contribution in [0.3, 0.4) is 0 Å². The topological polar surface area (TPSA) is 109 Å². The van der Waals surface area contributed by atoms with Gasteiger partial charge in [0.1, 0.15) is 35.3 Å². The maximum Gasteiger partial charge on any atom is 0.141 e. The fourth-order valence-corrected chi connectivity index (χ4v) is 3.97. The molecule has 0 aliphatic carbocycles. The number of anilines is 2. The molecule has 2 heterocycles. The monoisotopic (exact) mass is 434 g/mol. The maximum atomic E-state index is 15.0. The highest BCUT2D eigenvalue weighted by molar-refractivity contribution is 6.16. The van der Waals surface area contributed by atoms with E-state index in [0.717, 1.165) is 19.5 Å². The number of hydrogen-bond acceptors (Lipinski definition) is 7. The summed E-state index contributed by atoms with van der Waals surface area (Å²) in [7, 11) is 0. The molecule has 1 fully saturated rings. The summed E-state index contributed by atoms with van der Waals surface area (Å²) >= 11 is 0. The highest BCUT2D eigenvalue weighted by atomic mass is 19.1. The van der Waals surface area contributed by atoms with Gasteiger partial charge in [-0.15, -0.1) is 0 Å². The van der Waals surface area contributed by atoms with E-state index in [9.17, 15) is 4.39 Å². The summed E-state index contributed by atoms with van der Waals surface area (Å²) in [4.78, 5) is 8.35. The van der Waals surface area contributed by atoms with Gasteiger partial charge in [-0.2, -0.15) is 0 Å². The second kappa shape index (κ2) is 8.92. The van der Waals surface area contributed by atoms with Crippen molar-refractivity contribution in [2.45, 2.75) is 26.3 Å². The fourth-order valence-electron chi connectivity index (χ4n) is 3.97. The lowest BCUT2D eigenvalue weighted by molar-refractivity contribution is 0.249. The van der Waals surface area contributed by atoms with E-state index in [0.29, 0.717) is 17.3 Å². The lowest BCUT2D eigenvalue weighted by Gasteiger charge is -2.36. The second-order valence-electron chi connectivity index (χ2n) is 8.75. The van der Waals surface area contributed by atoms with Crippen LogP contribution in [0.15, 0.2) is 54.9 Å². The van der Waals surface area contributed by atoms with Crippen molar-refractivity contribution in [1.29, 1.82) is 5.41 Å². The molecule has 166 valence electrons. The fraction of sp³-hybridized carbons (Fsp3) is 0.292. The van der Waals surface area contributed by atoms with Gasteiger partial charge in [-0.1, -0.05) is 32.0 Å². The Hall–Kier alpha value is -3.52. The number of ether oxygens (including phenoxy) is 1. The number of para-hydroxylation sites is 1. The molecule has 0 radical (unpaired) electrons. The van der Waals surface area contributed by atoms with Gasteiger partial charge in [0.2, 0.25) is 0 Å². The van der Waals surface area contributed by atoms with E-state index in [1.165, 1.54) is 18.5 Å². The molecule has 8 heteroatoms. The number of nitrogens with zero attached hydrogens (tertiary/aromatic N) is 2. The Kier molecular flexibility index (Phi) is 6.05. The molecule has 4 rings (SSSR count). The zero-order chi connectivity index (χ0) is 22.7. The summed E-state index contributed by atoms with van der Waals surface area (Å²) in [6.07, 6.45) is 2.28. The van der Waals surface area contributed by atoms with Gasteiger partial charge in [-0.05, 0) is 36.1 Å². The van der Waals surface area contributed by atoms with Crippen molar-refractivity contribution in [3.05, 3.63) is 71.8 Å². The van der Waals surface area contributed by atoms with Crippen LogP contribution in [-0.2, 0) is 0 Å². The van der Waals surface area contributed by atoms with Crippen LogP contribution < -0.4 is 21.1 Å². The Balaban J connectivity index is 1.59. The van der Waals surface area contributed by atoms with Crippen molar-refractivity contribution in [2.75, 3.05) is 24.1 Å². The van der Waals surface area contributed by atoms with Gasteiger partial charge >= 0.3 is 0 Å². The molecule has 0 spiro atoms. The van der Waals surface area contributed by atoms with Gasteiger partial charge in [-0.3, -0.25) is 5.41 Å². The Morgan fingerprint density at radius 3 is 2.69 bits per heavy atom. The smallest absolute Gasteiger partial charge is 0.141 e. The van der Waals surface area contributed by atoms with Gasteiger partial charge in [0, 0.05) is 30.8 Å². The third kappa shape index (κ3) is 4.86. The number of halogens is 1.